The maximum atomic E-state index is 9.44. The summed E-state index contributed by atoms with van der Waals surface area (Å²) in [6.45, 7) is 9.34. The molecular formula is C19H31N3O2. The molecule has 0 amide bonds. The standard InChI is InChI=1S/C19H31N3O2/c1-4-10-24-17-11-15(3)6-7-16(17)12-21-18(20-5-2)22-13-19(14-23)8-9-19/h6-7,11,23H,4-5,8-10,12-14H2,1-3H3,(H2,20,21,22). The molecule has 1 aromatic rings. The molecule has 3 N–H and O–H groups in total. The third-order valence-electron chi connectivity index (χ3n) is 4.36. The van der Waals surface area contributed by atoms with Crippen LogP contribution in [0.4, 0.5) is 0 Å². The molecule has 0 saturated heterocycles. The van der Waals surface area contributed by atoms with Crippen molar-refractivity contribution < 1.29 is 9.84 Å². The summed E-state index contributed by atoms with van der Waals surface area (Å²) in [7, 11) is 0. The van der Waals surface area contributed by atoms with Gasteiger partial charge < -0.3 is 20.5 Å². The number of aliphatic hydroxyl groups excluding tert-OH is 1. The molecule has 1 fully saturated rings. The predicted molar refractivity (Wildman–Crippen MR) is 98.5 cm³/mol. The van der Waals surface area contributed by atoms with Gasteiger partial charge in [0.2, 0.25) is 0 Å². The van der Waals surface area contributed by atoms with Crippen molar-refractivity contribution in [2.45, 2.75) is 46.6 Å². The highest BCUT2D eigenvalue weighted by atomic mass is 16.5. The van der Waals surface area contributed by atoms with Crippen molar-refractivity contribution in [3.63, 3.8) is 0 Å². The second-order valence-corrected chi connectivity index (χ2v) is 6.67. The third-order valence-corrected chi connectivity index (χ3v) is 4.36. The number of nitrogens with zero attached hydrogens (tertiary/aromatic N) is 1. The Balaban J connectivity index is 2.01. The molecule has 0 spiro atoms. The highest BCUT2D eigenvalue weighted by molar-refractivity contribution is 5.79. The molecule has 1 aliphatic rings. The molecule has 5 heteroatoms. The van der Waals surface area contributed by atoms with Gasteiger partial charge in [-0.1, -0.05) is 19.1 Å². The largest absolute Gasteiger partial charge is 0.493 e. The smallest absolute Gasteiger partial charge is 0.191 e. The van der Waals surface area contributed by atoms with Gasteiger partial charge in [0.1, 0.15) is 5.75 Å². The third kappa shape index (κ3) is 5.41. The van der Waals surface area contributed by atoms with Crippen LogP contribution in [0.15, 0.2) is 23.2 Å². The Morgan fingerprint density at radius 1 is 1.29 bits per heavy atom. The molecule has 134 valence electrons. The van der Waals surface area contributed by atoms with Crippen molar-refractivity contribution in [1.82, 2.24) is 10.6 Å². The highest BCUT2D eigenvalue weighted by Crippen LogP contribution is 2.44. The van der Waals surface area contributed by atoms with Crippen molar-refractivity contribution in [2.24, 2.45) is 10.4 Å². The van der Waals surface area contributed by atoms with E-state index in [0.717, 1.165) is 56.2 Å². The molecule has 0 unspecified atom stereocenters. The number of aliphatic hydroxyl groups is 1. The van der Waals surface area contributed by atoms with Gasteiger partial charge in [-0.25, -0.2) is 4.99 Å². The first kappa shape index (κ1) is 18.6. The fraction of sp³-hybridized carbons (Fsp3) is 0.632. The zero-order valence-corrected chi connectivity index (χ0v) is 15.2. The summed E-state index contributed by atoms with van der Waals surface area (Å²) in [5.74, 6) is 1.71. The monoisotopic (exact) mass is 333 g/mol. The van der Waals surface area contributed by atoms with E-state index in [-0.39, 0.29) is 12.0 Å². The van der Waals surface area contributed by atoms with E-state index in [1.165, 1.54) is 5.56 Å². The minimum absolute atomic E-state index is 0.0649. The lowest BCUT2D eigenvalue weighted by Gasteiger charge is -2.17. The van der Waals surface area contributed by atoms with Crippen LogP contribution >= 0.6 is 0 Å². The maximum absolute atomic E-state index is 9.44. The van der Waals surface area contributed by atoms with Gasteiger partial charge in [0.15, 0.2) is 5.96 Å². The summed E-state index contributed by atoms with van der Waals surface area (Å²) in [5.41, 5.74) is 2.35. The summed E-state index contributed by atoms with van der Waals surface area (Å²) in [6.07, 6.45) is 3.16. The Bertz CT molecular complexity index is 554. The van der Waals surface area contributed by atoms with Gasteiger partial charge in [-0.3, -0.25) is 0 Å². The molecule has 0 bridgehead atoms. The van der Waals surface area contributed by atoms with Crippen molar-refractivity contribution in [3.05, 3.63) is 29.3 Å². The first-order chi connectivity index (χ1) is 11.6. The lowest BCUT2D eigenvalue weighted by molar-refractivity contribution is 0.212. The lowest BCUT2D eigenvalue weighted by atomic mass is 10.1. The Morgan fingerprint density at radius 3 is 2.71 bits per heavy atom. The Labute approximate surface area is 145 Å². The number of rotatable bonds is 9. The topological polar surface area (TPSA) is 65.9 Å². The summed E-state index contributed by atoms with van der Waals surface area (Å²) in [5, 5.41) is 16.1. The van der Waals surface area contributed by atoms with E-state index >= 15 is 0 Å². The number of aryl methyl sites for hydroxylation is 1. The number of guanidine groups is 1. The van der Waals surface area contributed by atoms with Gasteiger partial charge in [0.05, 0.1) is 19.8 Å². The average molecular weight is 333 g/mol. The van der Waals surface area contributed by atoms with Crippen molar-refractivity contribution in [3.8, 4) is 5.75 Å². The van der Waals surface area contributed by atoms with Crippen LogP contribution in [0, 0.1) is 12.3 Å². The zero-order chi connectivity index (χ0) is 17.4. The Kier molecular flexibility index (Phi) is 6.91. The molecular weight excluding hydrogens is 302 g/mol. The number of hydrogen-bond acceptors (Lipinski definition) is 3. The molecule has 0 aromatic heterocycles. The first-order valence-electron chi connectivity index (χ1n) is 8.98. The molecule has 0 atom stereocenters. The second-order valence-electron chi connectivity index (χ2n) is 6.67. The van der Waals surface area contributed by atoms with Gasteiger partial charge >= 0.3 is 0 Å². The molecule has 24 heavy (non-hydrogen) atoms. The van der Waals surface area contributed by atoms with E-state index in [9.17, 15) is 5.11 Å². The minimum atomic E-state index is 0.0649. The number of aliphatic imine (C=N–C) groups is 1. The van der Waals surface area contributed by atoms with Gasteiger partial charge in [-0.05, 0) is 44.7 Å². The van der Waals surface area contributed by atoms with Crippen molar-refractivity contribution in [2.75, 3.05) is 26.3 Å². The highest BCUT2D eigenvalue weighted by Gasteiger charge is 2.41. The average Bonchev–Trinajstić information content (AvgIpc) is 3.37. The summed E-state index contributed by atoms with van der Waals surface area (Å²) in [6, 6.07) is 6.25. The Morgan fingerprint density at radius 2 is 2.08 bits per heavy atom. The summed E-state index contributed by atoms with van der Waals surface area (Å²) < 4.78 is 5.86. The van der Waals surface area contributed by atoms with Gasteiger partial charge in [-0.15, -0.1) is 0 Å². The van der Waals surface area contributed by atoms with E-state index in [1.54, 1.807) is 0 Å². The molecule has 1 aliphatic carbocycles. The molecule has 5 nitrogen and oxygen atoms in total. The number of ether oxygens (including phenoxy) is 1. The van der Waals surface area contributed by atoms with E-state index in [1.807, 2.05) is 0 Å². The van der Waals surface area contributed by atoms with Gasteiger partial charge in [0, 0.05) is 24.1 Å². The molecule has 0 radical (unpaired) electrons. The fourth-order valence-electron chi connectivity index (χ4n) is 2.48. The molecule has 0 heterocycles. The van der Waals surface area contributed by atoms with Crippen LogP contribution in [-0.4, -0.2) is 37.4 Å². The lowest BCUT2D eigenvalue weighted by Crippen LogP contribution is -2.41. The van der Waals surface area contributed by atoms with Crippen LogP contribution in [0.25, 0.3) is 0 Å². The predicted octanol–water partition coefficient (Wildman–Crippen LogP) is 2.61. The van der Waals surface area contributed by atoms with Gasteiger partial charge in [-0.2, -0.15) is 0 Å². The molecule has 1 aromatic carbocycles. The second kappa shape index (κ2) is 8.92. The van der Waals surface area contributed by atoms with Crippen molar-refractivity contribution in [1.29, 1.82) is 0 Å². The van der Waals surface area contributed by atoms with E-state index in [0.29, 0.717) is 6.54 Å². The maximum Gasteiger partial charge on any atom is 0.191 e. The number of nitrogens with one attached hydrogen (secondary N) is 2. The van der Waals surface area contributed by atoms with Crippen LogP contribution in [0.3, 0.4) is 0 Å². The van der Waals surface area contributed by atoms with E-state index in [4.69, 9.17) is 4.74 Å². The first-order valence-corrected chi connectivity index (χ1v) is 8.98. The zero-order valence-electron chi connectivity index (χ0n) is 15.2. The van der Waals surface area contributed by atoms with E-state index < -0.39 is 0 Å². The summed E-state index contributed by atoms with van der Waals surface area (Å²) in [4.78, 5) is 4.68. The van der Waals surface area contributed by atoms with Crippen LogP contribution < -0.4 is 15.4 Å². The summed E-state index contributed by atoms with van der Waals surface area (Å²) >= 11 is 0. The molecule has 2 rings (SSSR count). The van der Waals surface area contributed by atoms with Crippen molar-refractivity contribution >= 4 is 5.96 Å². The minimum Gasteiger partial charge on any atom is -0.493 e. The quantitative estimate of drug-likeness (QED) is 0.480. The SMILES string of the molecule is CCCOc1cc(C)ccc1CN=C(NCC)NCC1(CO)CC1. The van der Waals surface area contributed by atoms with Crippen LogP contribution in [-0.2, 0) is 6.54 Å². The van der Waals surface area contributed by atoms with Crippen LogP contribution in [0.2, 0.25) is 0 Å². The number of hydrogen-bond donors (Lipinski definition) is 3. The molecule has 1 saturated carbocycles. The number of benzene rings is 1. The fourth-order valence-corrected chi connectivity index (χ4v) is 2.48. The van der Waals surface area contributed by atoms with Crippen LogP contribution in [0.5, 0.6) is 5.75 Å². The van der Waals surface area contributed by atoms with Gasteiger partial charge in [0.25, 0.3) is 0 Å². The van der Waals surface area contributed by atoms with E-state index in [2.05, 4.69) is 54.6 Å². The Hall–Kier alpha value is -1.75. The van der Waals surface area contributed by atoms with Crippen LogP contribution in [0.1, 0.15) is 44.2 Å². The molecule has 0 aliphatic heterocycles. The normalized spacial score (nSPS) is 15.9.